The Bertz CT molecular complexity index is 4050. The van der Waals surface area contributed by atoms with E-state index in [4.69, 9.17) is 14.1 Å². The molecule has 0 saturated carbocycles. The van der Waals surface area contributed by atoms with Crippen LogP contribution in [0.25, 0.3) is 94.2 Å². The smallest absolute Gasteiger partial charge is 0.270 e. The number of pyridine rings is 1. The fourth-order valence-electron chi connectivity index (χ4n) is 11.4. The molecule has 0 spiro atoms. The predicted octanol–water partition coefficient (Wildman–Crippen LogP) is 16.9. The van der Waals surface area contributed by atoms with E-state index >= 15 is 0 Å². The van der Waals surface area contributed by atoms with Gasteiger partial charge in [-0.2, -0.15) is 0 Å². The van der Waals surface area contributed by atoms with Crippen LogP contribution in [-0.4, -0.2) is 14.1 Å². The number of hydrogen-bond donors (Lipinski definition) is 0. The van der Waals surface area contributed by atoms with Crippen molar-refractivity contribution in [2.45, 2.75) is 77.6 Å². The van der Waals surface area contributed by atoms with Crippen LogP contribution in [0.1, 0.15) is 78.0 Å². The Balaban J connectivity index is 1.06. The molecule has 0 unspecified atom stereocenters. The second-order valence-electron chi connectivity index (χ2n) is 22.1. The molecule has 4 aromatic heterocycles. The first-order chi connectivity index (χ1) is 34.8. The van der Waals surface area contributed by atoms with Gasteiger partial charge in [0.25, 0.3) is 6.33 Å². The van der Waals surface area contributed by atoms with Crippen molar-refractivity contribution >= 4 is 54.8 Å². The van der Waals surface area contributed by atoms with Crippen molar-refractivity contribution in [1.82, 2.24) is 14.1 Å². The van der Waals surface area contributed by atoms with E-state index in [2.05, 4.69) is 250 Å². The lowest BCUT2D eigenvalue weighted by Gasteiger charge is -2.41. The first-order valence-electron chi connectivity index (χ1n) is 25.2. The quantitative estimate of drug-likeness (QED) is 0.118. The number of hydrogen-bond acceptors (Lipinski definition) is 3. The van der Waals surface area contributed by atoms with E-state index < -0.39 is 0 Å². The summed E-state index contributed by atoms with van der Waals surface area (Å²) in [6.07, 6.45) is 8.09. The maximum atomic E-state index is 7.19. The maximum absolute atomic E-state index is 7.19. The van der Waals surface area contributed by atoms with E-state index in [1.165, 1.54) is 16.7 Å². The molecule has 8 aromatic carbocycles. The zero-order chi connectivity index (χ0) is 49.1. The van der Waals surface area contributed by atoms with Crippen molar-refractivity contribution in [3.8, 4) is 50.9 Å². The minimum atomic E-state index is -0.0409. The van der Waals surface area contributed by atoms with E-state index in [1.807, 2.05) is 6.20 Å². The van der Waals surface area contributed by atoms with E-state index in [0.29, 0.717) is 5.75 Å². The molecule has 0 bridgehead atoms. The summed E-state index contributed by atoms with van der Waals surface area (Å²) in [7, 11) is 0. The molecule has 1 aliphatic carbocycles. The van der Waals surface area contributed by atoms with Gasteiger partial charge in [0.2, 0.25) is 0 Å². The Kier molecular flexibility index (Phi) is 9.82. The van der Waals surface area contributed by atoms with Crippen molar-refractivity contribution in [1.29, 1.82) is 0 Å². The van der Waals surface area contributed by atoms with E-state index in [9.17, 15) is 0 Å². The fraction of sp³-hybridized carbons (Fsp3) is 0.182. The molecule has 0 amide bonds. The summed E-state index contributed by atoms with van der Waals surface area (Å²) in [6, 6.07) is 64.9. The highest BCUT2D eigenvalue weighted by Crippen LogP contribution is 2.49. The van der Waals surface area contributed by atoms with Crippen molar-refractivity contribution < 1.29 is 13.7 Å². The summed E-state index contributed by atoms with van der Waals surface area (Å²) in [6.45, 7) is 16.2. The lowest BCUT2D eigenvalue weighted by Crippen LogP contribution is -2.33. The van der Waals surface area contributed by atoms with Gasteiger partial charge in [-0.15, -0.1) is 0 Å². The van der Waals surface area contributed by atoms with Crippen molar-refractivity contribution in [2.24, 2.45) is 0 Å². The molecule has 0 atom stereocenters. The third-order valence-corrected chi connectivity index (χ3v) is 15.5. The summed E-state index contributed by atoms with van der Waals surface area (Å²) < 4.78 is 21.1. The van der Waals surface area contributed by atoms with Gasteiger partial charge in [0.15, 0.2) is 0 Å². The topological polar surface area (TPSA) is 49.0 Å². The van der Waals surface area contributed by atoms with Gasteiger partial charge in [-0.25, -0.2) is 4.98 Å². The molecule has 1 aliphatic rings. The highest BCUT2D eigenvalue weighted by molar-refractivity contribution is 6.10. The number of para-hydroxylation sites is 4. The third-order valence-electron chi connectivity index (χ3n) is 15.5. The SMILES string of the molecule is CC(C)(C)c1ccnc(-n2c3ccccc3c3ccc(Oc4cc(-[n+]5[c-]n(-c6c(-c7ccccc7)cccc6-c6ccccc6)c6ccccc65)c5oc6cc7c(cc6c5c4)C(C)(C)CCC7(C)C)cc32)c1. The Morgan fingerprint density at radius 1 is 0.569 bits per heavy atom. The molecule has 0 radical (unpaired) electrons. The lowest BCUT2D eigenvalue weighted by atomic mass is 9.63. The fourth-order valence-corrected chi connectivity index (χ4v) is 11.4. The van der Waals surface area contributed by atoms with Crippen LogP contribution >= 0.6 is 0 Å². The number of aromatic nitrogens is 4. The number of rotatable bonds is 7. The molecule has 13 rings (SSSR count). The number of fused-ring (bicyclic) bond motifs is 8. The molecule has 4 heterocycles. The second kappa shape index (κ2) is 16.2. The van der Waals surface area contributed by atoms with Crippen LogP contribution < -0.4 is 9.30 Å². The lowest BCUT2D eigenvalue weighted by molar-refractivity contribution is -0.571. The van der Waals surface area contributed by atoms with Crippen LogP contribution in [0.4, 0.5) is 0 Å². The molecule has 6 heteroatoms. The Morgan fingerprint density at radius 2 is 1.21 bits per heavy atom. The zero-order valence-corrected chi connectivity index (χ0v) is 41.9. The predicted molar refractivity (Wildman–Crippen MR) is 294 cm³/mol. The monoisotopic (exact) mass is 936 g/mol. The van der Waals surface area contributed by atoms with Crippen LogP contribution in [-0.2, 0) is 16.2 Å². The molecular weight excluding hydrogens is 881 g/mol. The number of benzene rings is 8. The summed E-state index contributed by atoms with van der Waals surface area (Å²) in [4.78, 5) is 4.96. The highest BCUT2D eigenvalue weighted by Gasteiger charge is 2.38. The van der Waals surface area contributed by atoms with Gasteiger partial charge >= 0.3 is 0 Å². The number of imidazole rings is 1. The van der Waals surface area contributed by atoms with Gasteiger partial charge in [0, 0.05) is 33.8 Å². The number of ether oxygens (including phenoxy) is 1. The average molecular weight is 937 g/mol. The molecule has 0 aliphatic heterocycles. The van der Waals surface area contributed by atoms with Crippen LogP contribution in [0.2, 0.25) is 0 Å². The second-order valence-corrected chi connectivity index (χ2v) is 22.1. The summed E-state index contributed by atoms with van der Waals surface area (Å²) in [5.74, 6) is 2.29. The molecule has 352 valence electrons. The van der Waals surface area contributed by atoms with E-state index in [-0.39, 0.29) is 16.2 Å². The molecular formula is C66H56N4O2. The molecule has 12 aromatic rings. The van der Waals surface area contributed by atoms with Crippen LogP contribution in [0.3, 0.4) is 0 Å². The van der Waals surface area contributed by atoms with Crippen molar-refractivity contribution in [3.63, 3.8) is 0 Å². The van der Waals surface area contributed by atoms with E-state index in [0.717, 1.165) is 113 Å². The first kappa shape index (κ1) is 43.8. The van der Waals surface area contributed by atoms with Gasteiger partial charge in [0.1, 0.15) is 34.2 Å². The van der Waals surface area contributed by atoms with Crippen LogP contribution in [0, 0.1) is 6.33 Å². The maximum Gasteiger partial charge on any atom is 0.270 e. The highest BCUT2D eigenvalue weighted by atomic mass is 16.5. The van der Waals surface area contributed by atoms with Crippen molar-refractivity contribution in [2.75, 3.05) is 0 Å². The molecule has 6 nitrogen and oxygen atoms in total. The number of furan rings is 1. The van der Waals surface area contributed by atoms with Crippen LogP contribution in [0.5, 0.6) is 11.5 Å². The van der Waals surface area contributed by atoms with Gasteiger partial charge in [-0.05, 0) is 123 Å². The Morgan fingerprint density at radius 3 is 1.92 bits per heavy atom. The standard InChI is InChI=1S/C66H56N4O2/c1-64(2,3)44-31-34-67-61(35-44)70-55-26-15-14-23-49(55)50-30-29-45(37-58(50)70)71-46-36-52-51-39-53-54(66(6,7)33-32-65(53,4)5)40-60(51)72-63(52)59(38-46)68-41-69(57-28-17-16-27-56(57)68)62-47(42-19-10-8-11-20-42)24-18-25-48(62)43-21-12-9-13-22-43/h8-31,34-40H,32-33H2,1-7H3. The van der Waals surface area contributed by atoms with Crippen molar-refractivity contribution in [3.05, 3.63) is 211 Å². The zero-order valence-electron chi connectivity index (χ0n) is 41.9. The molecule has 0 saturated heterocycles. The van der Waals surface area contributed by atoms with E-state index in [1.54, 1.807) is 0 Å². The van der Waals surface area contributed by atoms with Gasteiger partial charge < -0.3 is 9.15 Å². The summed E-state index contributed by atoms with van der Waals surface area (Å²) in [5, 5.41) is 4.37. The number of nitrogens with zero attached hydrogens (tertiary/aromatic N) is 4. The van der Waals surface area contributed by atoms with Gasteiger partial charge in [-0.1, -0.05) is 170 Å². The molecule has 72 heavy (non-hydrogen) atoms. The summed E-state index contributed by atoms with van der Waals surface area (Å²) >= 11 is 0. The largest absolute Gasteiger partial charge is 0.460 e. The Labute approximate surface area is 420 Å². The minimum absolute atomic E-state index is 0.00720. The molecule has 0 fully saturated rings. The first-order valence-corrected chi connectivity index (χ1v) is 25.2. The summed E-state index contributed by atoms with van der Waals surface area (Å²) in [5.41, 5.74) is 16.0. The normalized spacial score (nSPS) is 14.4. The molecule has 0 N–H and O–H groups in total. The minimum Gasteiger partial charge on any atom is -0.460 e. The Hall–Kier alpha value is -8.22. The average Bonchev–Trinajstić information content (AvgIpc) is 4.07. The van der Waals surface area contributed by atoms with Crippen LogP contribution in [0.15, 0.2) is 193 Å². The third kappa shape index (κ3) is 7.06. The van der Waals surface area contributed by atoms with Gasteiger partial charge in [0.05, 0.1) is 27.8 Å². The van der Waals surface area contributed by atoms with Gasteiger partial charge in [-0.3, -0.25) is 13.7 Å².